The molecular formula is C23H30N2O4. The van der Waals surface area contributed by atoms with Crippen LogP contribution >= 0.6 is 0 Å². The molecule has 2 rings (SSSR count). The number of nitrogens with zero attached hydrogens (tertiary/aromatic N) is 1. The summed E-state index contributed by atoms with van der Waals surface area (Å²) in [5.41, 5.74) is 9.79. The second kappa shape index (κ2) is 10.1. The van der Waals surface area contributed by atoms with Gasteiger partial charge in [-0.2, -0.15) is 0 Å². The van der Waals surface area contributed by atoms with Gasteiger partial charge >= 0.3 is 6.16 Å². The summed E-state index contributed by atoms with van der Waals surface area (Å²) in [5.74, 6) is 0.493. The second-order valence-corrected chi connectivity index (χ2v) is 7.64. The molecule has 156 valence electrons. The summed E-state index contributed by atoms with van der Waals surface area (Å²) >= 11 is 0. The SMILES string of the molecule is Cc1cc(OC(=O)OCC(C)C)cc(C)c1CC(N)C(=O)N(C)c1ccccc1. The number of ether oxygens (including phenoxy) is 2. The molecule has 0 aliphatic heterocycles. The van der Waals surface area contributed by atoms with Gasteiger partial charge in [0.15, 0.2) is 0 Å². The molecule has 0 aliphatic carbocycles. The number of anilines is 1. The monoisotopic (exact) mass is 398 g/mol. The lowest BCUT2D eigenvalue weighted by atomic mass is 9.95. The number of aryl methyl sites for hydroxylation is 2. The van der Waals surface area contributed by atoms with Crippen molar-refractivity contribution in [2.45, 2.75) is 40.2 Å². The van der Waals surface area contributed by atoms with E-state index in [2.05, 4.69) is 0 Å². The van der Waals surface area contributed by atoms with E-state index in [-0.39, 0.29) is 11.8 Å². The molecule has 2 aromatic carbocycles. The Balaban J connectivity index is 2.07. The number of carbonyl (C=O) groups excluding carboxylic acids is 2. The number of amides is 1. The number of hydrogen-bond acceptors (Lipinski definition) is 5. The van der Waals surface area contributed by atoms with Crippen molar-refractivity contribution < 1.29 is 19.1 Å². The van der Waals surface area contributed by atoms with Gasteiger partial charge in [0.1, 0.15) is 5.75 Å². The maximum atomic E-state index is 12.7. The van der Waals surface area contributed by atoms with E-state index in [1.54, 1.807) is 24.1 Å². The molecule has 0 aliphatic rings. The quantitative estimate of drug-likeness (QED) is 0.563. The lowest BCUT2D eigenvalue weighted by Crippen LogP contribution is -2.43. The van der Waals surface area contributed by atoms with Crippen LogP contribution in [-0.2, 0) is 16.0 Å². The Morgan fingerprint density at radius 3 is 2.21 bits per heavy atom. The Morgan fingerprint density at radius 1 is 1.07 bits per heavy atom. The highest BCUT2D eigenvalue weighted by Crippen LogP contribution is 2.24. The molecule has 0 saturated heterocycles. The highest BCUT2D eigenvalue weighted by Gasteiger charge is 2.21. The molecule has 0 spiro atoms. The summed E-state index contributed by atoms with van der Waals surface area (Å²) in [6.45, 7) is 8.03. The molecule has 6 nitrogen and oxygen atoms in total. The zero-order valence-electron chi connectivity index (χ0n) is 17.8. The fraction of sp³-hybridized carbons (Fsp3) is 0.391. The molecular weight excluding hydrogens is 368 g/mol. The van der Waals surface area contributed by atoms with Crippen molar-refractivity contribution in [3.8, 4) is 5.75 Å². The molecule has 0 radical (unpaired) electrons. The van der Waals surface area contributed by atoms with Gasteiger partial charge < -0.3 is 20.1 Å². The Hall–Kier alpha value is -2.86. The van der Waals surface area contributed by atoms with Crippen molar-refractivity contribution in [3.63, 3.8) is 0 Å². The normalized spacial score (nSPS) is 11.8. The summed E-state index contributed by atoms with van der Waals surface area (Å²) in [6.07, 6.45) is -0.326. The molecule has 0 fully saturated rings. The smallest absolute Gasteiger partial charge is 0.434 e. The summed E-state index contributed by atoms with van der Waals surface area (Å²) < 4.78 is 10.3. The van der Waals surface area contributed by atoms with Gasteiger partial charge in [-0.05, 0) is 67.1 Å². The van der Waals surface area contributed by atoms with Crippen molar-refractivity contribution >= 4 is 17.7 Å². The molecule has 1 amide bonds. The third-order valence-electron chi connectivity index (χ3n) is 4.62. The second-order valence-electron chi connectivity index (χ2n) is 7.64. The highest BCUT2D eigenvalue weighted by molar-refractivity contribution is 5.96. The number of rotatable bonds is 7. The predicted octanol–water partition coefficient (Wildman–Crippen LogP) is 4.01. The first-order chi connectivity index (χ1) is 13.7. The fourth-order valence-corrected chi connectivity index (χ4v) is 3.03. The average Bonchev–Trinajstić information content (AvgIpc) is 2.68. The van der Waals surface area contributed by atoms with Crippen LogP contribution < -0.4 is 15.4 Å². The molecule has 0 aromatic heterocycles. The van der Waals surface area contributed by atoms with Crippen molar-refractivity contribution in [3.05, 3.63) is 59.2 Å². The molecule has 1 atom stereocenters. The van der Waals surface area contributed by atoms with Gasteiger partial charge in [0.25, 0.3) is 0 Å². The molecule has 29 heavy (non-hydrogen) atoms. The van der Waals surface area contributed by atoms with Crippen LogP contribution in [0.15, 0.2) is 42.5 Å². The first-order valence-electron chi connectivity index (χ1n) is 9.72. The van der Waals surface area contributed by atoms with Crippen molar-refractivity contribution in [1.29, 1.82) is 0 Å². The maximum absolute atomic E-state index is 12.7. The molecule has 1 unspecified atom stereocenters. The van der Waals surface area contributed by atoms with Gasteiger partial charge in [-0.1, -0.05) is 32.0 Å². The van der Waals surface area contributed by atoms with Gasteiger partial charge in [0.05, 0.1) is 12.6 Å². The standard InChI is InChI=1S/C23H30N2O4/c1-15(2)14-28-23(27)29-19-11-16(3)20(17(4)12-19)13-21(24)22(26)25(5)18-9-7-6-8-10-18/h6-12,15,21H,13-14,24H2,1-5H3. The van der Waals surface area contributed by atoms with Crippen LogP contribution in [0.25, 0.3) is 0 Å². The Bertz CT molecular complexity index is 826. The van der Waals surface area contributed by atoms with Crippen molar-refractivity contribution in [1.82, 2.24) is 0 Å². The van der Waals surface area contributed by atoms with Crippen LogP contribution in [0.2, 0.25) is 0 Å². The third-order valence-corrected chi connectivity index (χ3v) is 4.62. The van der Waals surface area contributed by atoms with E-state index in [4.69, 9.17) is 15.2 Å². The fourth-order valence-electron chi connectivity index (χ4n) is 3.03. The molecule has 6 heteroatoms. The van der Waals surface area contributed by atoms with Crippen molar-refractivity contribution in [2.75, 3.05) is 18.6 Å². The van der Waals surface area contributed by atoms with E-state index >= 15 is 0 Å². The van der Waals surface area contributed by atoms with Crippen LogP contribution in [0.1, 0.15) is 30.5 Å². The number of carbonyl (C=O) groups is 2. The number of likely N-dealkylation sites (N-methyl/N-ethyl adjacent to an activating group) is 1. The number of benzene rings is 2. The van der Waals surface area contributed by atoms with Crippen LogP contribution in [0.3, 0.4) is 0 Å². The number of para-hydroxylation sites is 1. The summed E-state index contributed by atoms with van der Waals surface area (Å²) in [7, 11) is 1.72. The Labute approximate surface area is 172 Å². The van der Waals surface area contributed by atoms with E-state index in [0.717, 1.165) is 22.4 Å². The molecule has 0 saturated carbocycles. The van der Waals surface area contributed by atoms with Gasteiger partial charge in [0.2, 0.25) is 5.91 Å². The minimum atomic E-state index is -0.721. The lowest BCUT2D eigenvalue weighted by molar-refractivity contribution is -0.119. The largest absolute Gasteiger partial charge is 0.513 e. The zero-order valence-corrected chi connectivity index (χ0v) is 17.8. The molecule has 0 bridgehead atoms. The van der Waals surface area contributed by atoms with E-state index in [1.807, 2.05) is 58.0 Å². The van der Waals surface area contributed by atoms with Gasteiger partial charge in [0, 0.05) is 12.7 Å². The average molecular weight is 399 g/mol. The van der Waals surface area contributed by atoms with Gasteiger partial charge in [-0.25, -0.2) is 4.79 Å². The van der Waals surface area contributed by atoms with Gasteiger partial charge in [-0.3, -0.25) is 4.79 Å². The first kappa shape index (κ1) is 22.4. The molecule has 2 aromatic rings. The lowest BCUT2D eigenvalue weighted by Gasteiger charge is -2.23. The highest BCUT2D eigenvalue weighted by atomic mass is 16.7. The summed E-state index contributed by atoms with van der Waals surface area (Å²) in [5, 5.41) is 0. The van der Waals surface area contributed by atoms with E-state index < -0.39 is 12.2 Å². The Morgan fingerprint density at radius 2 is 1.66 bits per heavy atom. The van der Waals surface area contributed by atoms with Gasteiger partial charge in [-0.15, -0.1) is 0 Å². The van der Waals surface area contributed by atoms with E-state index in [0.29, 0.717) is 18.8 Å². The minimum Gasteiger partial charge on any atom is -0.434 e. The Kier molecular flexibility index (Phi) is 7.79. The van der Waals surface area contributed by atoms with Crippen LogP contribution in [0, 0.1) is 19.8 Å². The molecule has 0 heterocycles. The third kappa shape index (κ3) is 6.32. The predicted molar refractivity (Wildman–Crippen MR) is 114 cm³/mol. The number of hydrogen-bond donors (Lipinski definition) is 1. The van der Waals surface area contributed by atoms with E-state index in [1.165, 1.54) is 0 Å². The minimum absolute atomic E-state index is 0.160. The van der Waals surface area contributed by atoms with Crippen molar-refractivity contribution in [2.24, 2.45) is 11.7 Å². The summed E-state index contributed by atoms with van der Waals surface area (Å²) in [4.78, 5) is 26.1. The maximum Gasteiger partial charge on any atom is 0.513 e. The van der Waals surface area contributed by atoms with Crippen LogP contribution in [0.5, 0.6) is 5.75 Å². The zero-order chi connectivity index (χ0) is 21.6. The summed E-state index contributed by atoms with van der Waals surface area (Å²) in [6, 6.07) is 12.2. The topological polar surface area (TPSA) is 81.9 Å². The van der Waals surface area contributed by atoms with E-state index in [9.17, 15) is 9.59 Å². The number of nitrogens with two attached hydrogens (primary N) is 1. The van der Waals surface area contributed by atoms with Crippen LogP contribution in [-0.4, -0.2) is 31.8 Å². The first-order valence-corrected chi connectivity index (χ1v) is 9.72. The molecule has 2 N–H and O–H groups in total. The van der Waals surface area contributed by atoms with Crippen LogP contribution in [0.4, 0.5) is 10.5 Å².